The van der Waals surface area contributed by atoms with E-state index >= 15 is 0 Å². The Balaban J connectivity index is 2.28. The minimum atomic E-state index is -0.857. The maximum absolute atomic E-state index is 10.5. The molecule has 0 bridgehead atoms. The Morgan fingerprint density at radius 2 is 2.06 bits per heavy atom. The molecule has 1 unspecified atom stereocenters. The van der Waals surface area contributed by atoms with Crippen LogP contribution in [0.5, 0.6) is 0 Å². The Kier molecular flexibility index (Phi) is 5.53. The molecule has 3 heteroatoms. The molecule has 3 nitrogen and oxygen atoms in total. The molecule has 0 amide bonds. The summed E-state index contributed by atoms with van der Waals surface area (Å²) in [4.78, 5) is 10.5. The summed E-state index contributed by atoms with van der Waals surface area (Å²) in [6.45, 7) is 4.75. The highest BCUT2D eigenvalue weighted by molar-refractivity contribution is 5.80. The van der Waals surface area contributed by atoms with Gasteiger partial charge in [-0.2, -0.15) is 0 Å². The summed E-state index contributed by atoms with van der Waals surface area (Å²) in [5.41, 5.74) is 0.884. The molecule has 0 saturated heterocycles. The number of carboxylic acids is 1. The second kappa shape index (κ2) is 6.69. The second-order valence-corrected chi connectivity index (χ2v) is 4.90. The molecule has 2 N–H and O–H groups in total. The lowest BCUT2D eigenvalue weighted by Gasteiger charge is -2.28. The van der Waals surface area contributed by atoms with Crippen LogP contribution in [0, 0.1) is 5.92 Å². The van der Waals surface area contributed by atoms with Gasteiger partial charge in [0.05, 0.1) is 0 Å². The van der Waals surface area contributed by atoms with Crippen molar-refractivity contribution in [2.24, 2.45) is 5.92 Å². The van der Waals surface area contributed by atoms with E-state index in [0.29, 0.717) is 12.6 Å². The Labute approximate surface area is 97.9 Å². The van der Waals surface area contributed by atoms with Crippen LogP contribution in [-0.2, 0) is 4.79 Å². The van der Waals surface area contributed by atoms with E-state index in [2.05, 4.69) is 12.2 Å². The van der Waals surface area contributed by atoms with E-state index < -0.39 is 5.97 Å². The number of carboxylic acid groups (broad SMARTS) is 1. The van der Waals surface area contributed by atoms with Crippen LogP contribution in [-0.4, -0.2) is 23.7 Å². The number of rotatable bonds is 5. The maximum atomic E-state index is 10.5. The first-order valence-electron chi connectivity index (χ1n) is 6.23. The third-order valence-corrected chi connectivity index (χ3v) is 3.43. The number of aliphatic carboxylic acids is 1. The molecular weight excluding hydrogens is 202 g/mol. The van der Waals surface area contributed by atoms with Gasteiger partial charge in [-0.05, 0) is 32.6 Å². The summed E-state index contributed by atoms with van der Waals surface area (Å²) in [7, 11) is 0. The molecule has 92 valence electrons. The lowest BCUT2D eigenvalue weighted by Crippen LogP contribution is -2.35. The highest BCUT2D eigenvalue weighted by Gasteiger charge is 2.19. The molecule has 0 spiro atoms. The lowest BCUT2D eigenvalue weighted by molar-refractivity contribution is -0.131. The van der Waals surface area contributed by atoms with Crippen LogP contribution in [0.4, 0.5) is 0 Å². The van der Waals surface area contributed by atoms with E-state index in [1.807, 2.05) is 6.92 Å². The zero-order chi connectivity index (χ0) is 12.0. The van der Waals surface area contributed by atoms with E-state index in [4.69, 9.17) is 5.11 Å². The summed E-state index contributed by atoms with van der Waals surface area (Å²) in [6.07, 6.45) is 7.98. The van der Waals surface area contributed by atoms with Crippen LogP contribution in [0.25, 0.3) is 0 Å². The van der Waals surface area contributed by atoms with Crippen molar-refractivity contribution in [3.05, 3.63) is 11.6 Å². The Morgan fingerprint density at radius 1 is 1.44 bits per heavy atom. The SMILES string of the molecule is CC(=CC(=O)O)CNC(C)C1CCCCC1. The zero-order valence-electron chi connectivity index (χ0n) is 10.3. The van der Waals surface area contributed by atoms with Gasteiger partial charge in [0.1, 0.15) is 0 Å². The summed E-state index contributed by atoms with van der Waals surface area (Å²) < 4.78 is 0. The fourth-order valence-electron chi connectivity index (χ4n) is 2.38. The first-order valence-corrected chi connectivity index (χ1v) is 6.23. The quantitative estimate of drug-likeness (QED) is 0.707. The Morgan fingerprint density at radius 3 is 2.62 bits per heavy atom. The molecule has 0 aromatic heterocycles. The van der Waals surface area contributed by atoms with E-state index in [9.17, 15) is 4.79 Å². The van der Waals surface area contributed by atoms with Gasteiger partial charge in [-0.15, -0.1) is 0 Å². The second-order valence-electron chi connectivity index (χ2n) is 4.90. The number of hydrogen-bond donors (Lipinski definition) is 2. The molecule has 0 aromatic carbocycles. The molecule has 1 fully saturated rings. The van der Waals surface area contributed by atoms with Gasteiger partial charge in [-0.3, -0.25) is 0 Å². The summed E-state index contributed by atoms with van der Waals surface area (Å²) in [5.74, 6) is -0.0870. The van der Waals surface area contributed by atoms with Crippen molar-refractivity contribution >= 4 is 5.97 Å². The summed E-state index contributed by atoms with van der Waals surface area (Å²) >= 11 is 0. The first kappa shape index (κ1) is 13.2. The largest absolute Gasteiger partial charge is 0.478 e. The van der Waals surface area contributed by atoms with Crippen LogP contribution >= 0.6 is 0 Å². The number of nitrogens with one attached hydrogen (secondary N) is 1. The Hall–Kier alpha value is -0.830. The van der Waals surface area contributed by atoms with Crippen LogP contribution in [0.15, 0.2) is 11.6 Å². The van der Waals surface area contributed by atoms with Gasteiger partial charge in [0.2, 0.25) is 0 Å². The van der Waals surface area contributed by atoms with Crippen LogP contribution in [0.3, 0.4) is 0 Å². The molecule has 1 aliphatic rings. The van der Waals surface area contributed by atoms with Gasteiger partial charge in [-0.25, -0.2) is 4.79 Å². The Bertz CT molecular complexity index is 255. The molecule has 0 radical (unpaired) electrons. The van der Waals surface area contributed by atoms with Gasteiger partial charge in [0.15, 0.2) is 0 Å². The fraction of sp³-hybridized carbons (Fsp3) is 0.769. The van der Waals surface area contributed by atoms with Crippen LogP contribution in [0.2, 0.25) is 0 Å². The van der Waals surface area contributed by atoms with Gasteiger partial charge in [0, 0.05) is 18.7 Å². The van der Waals surface area contributed by atoms with Crippen molar-refractivity contribution in [2.45, 2.75) is 52.0 Å². The zero-order valence-corrected chi connectivity index (χ0v) is 10.3. The molecule has 0 aliphatic heterocycles. The topological polar surface area (TPSA) is 49.3 Å². The van der Waals surface area contributed by atoms with Crippen molar-refractivity contribution in [3.63, 3.8) is 0 Å². The van der Waals surface area contributed by atoms with Crippen molar-refractivity contribution < 1.29 is 9.90 Å². The molecule has 1 saturated carbocycles. The molecule has 1 aliphatic carbocycles. The van der Waals surface area contributed by atoms with Gasteiger partial charge in [-0.1, -0.05) is 24.8 Å². The van der Waals surface area contributed by atoms with Crippen molar-refractivity contribution in [3.8, 4) is 0 Å². The molecule has 16 heavy (non-hydrogen) atoms. The fourth-order valence-corrected chi connectivity index (χ4v) is 2.38. The molecular formula is C13H23NO2. The molecule has 1 rings (SSSR count). The average Bonchev–Trinajstić information content (AvgIpc) is 2.26. The first-order chi connectivity index (χ1) is 7.59. The minimum Gasteiger partial charge on any atom is -0.478 e. The minimum absolute atomic E-state index is 0.498. The van der Waals surface area contributed by atoms with Crippen LogP contribution < -0.4 is 5.32 Å². The van der Waals surface area contributed by atoms with E-state index in [1.54, 1.807) is 0 Å². The highest BCUT2D eigenvalue weighted by Crippen LogP contribution is 2.26. The van der Waals surface area contributed by atoms with Crippen LogP contribution in [0.1, 0.15) is 46.0 Å². The van der Waals surface area contributed by atoms with E-state index in [-0.39, 0.29) is 0 Å². The molecule has 0 aromatic rings. The summed E-state index contributed by atoms with van der Waals surface area (Å²) in [5, 5.41) is 12.0. The predicted molar refractivity (Wildman–Crippen MR) is 65.4 cm³/mol. The monoisotopic (exact) mass is 225 g/mol. The molecule has 1 atom stereocenters. The van der Waals surface area contributed by atoms with Gasteiger partial charge < -0.3 is 10.4 Å². The third-order valence-electron chi connectivity index (χ3n) is 3.43. The predicted octanol–water partition coefficient (Wildman–Crippen LogP) is 2.58. The summed E-state index contributed by atoms with van der Waals surface area (Å²) in [6, 6.07) is 0.498. The lowest BCUT2D eigenvalue weighted by atomic mass is 9.84. The number of carbonyl (C=O) groups is 1. The normalized spacial score (nSPS) is 20.8. The molecule has 0 heterocycles. The smallest absolute Gasteiger partial charge is 0.328 e. The van der Waals surface area contributed by atoms with Gasteiger partial charge in [0.25, 0.3) is 0 Å². The average molecular weight is 225 g/mol. The maximum Gasteiger partial charge on any atom is 0.328 e. The van der Waals surface area contributed by atoms with E-state index in [0.717, 1.165) is 11.5 Å². The third kappa shape index (κ3) is 4.79. The van der Waals surface area contributed by atoms with Crippen molar-refractivity contribution in [1.82, 2.24) is 5.32 Å². The van der Waals surface area contributed by atoms with E-state index in [1.165, 1.54) is 38.2 Å². The van der Waals surface area contributed by atoms with Crippen molar-refractivity contribution in [2.75, 3.05) is 6.54 Å². The van der Waals surface area contributed by atoms with Gasteiger partial charge >= 0.3 is 5.97 Å². The number of hydrogen-bond acceptors (Lipinski definition) is 2. The van der Waals surface area contributed by atoms with Crippen molar-refractivity contribution in [1.29, 1.82) is 0 Å². The standard InChI is InChI=1S/C13H23NO2/c1-10(8-13(15)16)9-14-11(2)12-6-4-3-5-7-12/h8,11-12,14H,3-7,9H2,1-2H3,(H,15,16). The highest BCUT2D eigenvalue weighted by atomic mass is 16.4.